The minimum atomic E-state index is -0.186. The molecule has 84 valence electrons. The fraction of sp³-hybridized carbons (Fsp3) is 0.182. The van der Waals surface area contributed by atoms with Crippen LogP contribution in [0.15, 0.2) is 23.6 Å². The zero-order chi connectivity index (χ0) is 10.6. The number of hydrogen-bond acceptors (Lipinski definition) is 1. The average molecular weight is 348 g/mol. The van der Waals surface area contributed by atoms with Crippen molar-refractivity contribution < 1.29 is 32.9 Å². The van der Waals surface area contributed by atoms with Crippen LogP contribution in [0.2, 0.25) is 0 Å². The molecule has 0 aliphatic rings. The Morgan fingerprint density at radius 2 is 2.12 bits per heavy atom. The summed E-state index contributed by atoms with van der Waals surface area (Å²) in [6.07, 6.45) is 0. The maximum absolute atomic E-state index is 13.1. The number of benzene rings is 1. The first kappa shape index (κ1) is 11.8. The van der Waals surface area contributed by atoms with Crippen LogP contribution in [0.3, 0.4) is 0 Å². The van der Waals surface area contributed by atoms with Gasteiger partial charge in [0.05, 0.1) is 7.05 Å². The van der Waals surface area contributed by atoms with E-state index in [-0.39, 0.29) is 29.8 Å². The molecule has 5 heteroatoms. The lowest BCUT2D eigenvalue weighted by atomic mass is 10.3. The number of fused-ring (bicyclic) bond motifs is 3. The van der Waals surface area contributed by atoms with Crippen LogP contribution >= 0.6 is 11.3 Å². The van der Waals surface area contributed by atoms with Gasteiger partial charge in [0.2, 0.25) is 0 Å². The summed E-state index contributed by atoms with van der Waals surface area (Å²) >= 11 is 1.68. The predicted molar refractivity (Wildman–Crippen MR) is 58.7 cm³/mol. The highest BCUT2D eigenvalue weighted by atomic mass is 127. The second kappa shape index (κ2) is 3.96. The molecule has 0 saturated heterocycles. The molecular formula is C11H10FIN2S. The van der Waals surface area contributed by atoms with Crippen LogP contribution in [-0.4, -0.2) is 4.40 Å². The number of imidazole rings is 1. The standard InChI is InChI=1S/C11H10FN2S.HI/c1-7-6-15-11-13(2)10-5-8(12)3-4-9(10)14(7)11;/h3-6H,1-2H3;1H/q+1;/p-1. The van der Waals surface area contributed by atoms with Gasteiger partial charge in [-0.05, 0) is 19.1 Å². The van der Waals surface area contributed by atoms with E-state index in [9.17, 15) is 4.39 Å². The lowest BCUT2D eigenvalue weighted by Crippen LogP contribution is -3.00. The molecule has 3 aromatic rings. The Hall–Kier alpha value is -0.690. The fourth-order valence-corrected chi connectivity index (χ4v) is 2.96. The van der Waals surface area contributed by atoms with Crippen LogP contribution in [0.1, 0.15) is 5.69 Å². The van der Waals surface area contributed by atoms with E-state index < -0.39 is 0 Å². The molecule has 0 N–H and O–H groups in total. The highest BCUT2D eigenvalue weighted by Crippen LogP contribution is 2.21. The summed E-state index contributed by atoms with van der Waals surface area (Å²) in [6, 6.07) is 4.91. The number of nitrogens with zero attached hydrogens (tertiary/aromatic N) is 2. The van der Waals surface area contributed by atoms with Gasteiger partial charge >= 0.3 is 4.96 Å². The molecule has 16 heavy (non-hydrogen) atoms. The van der Waals surface area contributed by atoms with Crippen molar-refractivity contribution in [2.75, 3.05) is 0 Å². The van der Waals surface area contributed by atoms with E-state index >= 15 is 0 Å². The van der Waals surface area contributed by atoms with Crippen LogP contribution in [0, 0.1) is 12.7 Å². The Balaban J connectivity index is 0.000000963. The number of rotatable bonds is 0. The van der Waals surface area contributed by atoms with E-state index in [1.165, 1.54) is 11.8 Å². The highest BCUT2D eigenvalue weighted by molar-refractivity contribution is 7.14. The molecule has 1 aromatic carbocycles. The molecule has 0 atom stereocenters. The molecule has 0 aliphatic heterocycles. The van der Waals surface area contributed by atoms with Gasteiger partial charge in [-0.1, -0.05) is 11.3 Å². The molecule has 2 aromatic heterocycles. The van der Waals surface area contributed by atoms with E-state index in [4.69, 9.17) is 0 Å². The minimum absolute atomic E-state index is 0. The minimum Gasteiger partial charge on any atom is -1.00 e. The number of thiazole rings is 1. The number of aromatic nitrogens is 2. The van der Waals surface area contributed by atoms with Crippen LogP contribution < -0.4 is 28.5 Å². The summed E-state index contributed by atoms with van der Waals surface area (Å²) in [4.78, 5) is 1.13. The smallest absolute Gasteiger partial charge is 0.346 e. The molecule has 2 nitrogen and oxygen atoms in total. The first-order chi connectivity index (χ1) is 7.18. The molecule has 0 saturated carbocycles. The van der Waals surface area contributed by atoms with E-state index in [0.29, 0.717) is 0 Å². The van der Waals surface area contributed by atoms with Gasteiger partial charge in [-0.25, -0.2) is 8.96 Å². The van der Waals surface area contributed by atoms with Gasteiger partial charge in [0.15, 0.2) is 11.0 Å². The molecule has 0 bridgehead atoms. The Kier molecular flexibility index (Phi) is 2.91. The molecule has 0 unspecified atom stereocenters. The first-order valence-electron chi connectivity index (χ1n) is 4.72. The summed E-state index contributed by atoms with van der Waals surface area (Å²) in [7, 11) is 1.97. The van der Waals surface area contributed by atoms with Crippen LogP contribution in [0.4, 0.5) is 4.39 Å². The Bertz CT molecular complexity index is 671. The number of aryl methyl sites for hydroxylation is 2. The third kappa shape index (κ3) is 1.45. The molecule has 0 radical (unpaired) electrons. The van der Waals surface area contributed by atoms with Crippen LogP contribution in [0.25, 0.3) is 16.0 Å². The monoisotopic (exact) mass is 348 g/mol. The van der Waals surface area contributed by atoms with Crippen molar-refractivity contribution in [1.29, 1.82) is 0 Å². The van der Waals surface area contributed by atoms with Crippen molar-refractivity contribution in [3.05, 3.63) is 35.1 Å². The highest BCUT2D eigenvalue weighted by Gasteiger charge is 2.19. The third-order valence-corrected chi connectivity index (χ3v) is 3.83. The zero-order valence-corrected chi connectivity index (χ0v) is 11.8. The zero-order valence-electron chi connectivity index (χ0n) is 8.87. The number of hydrogen-bond donors (Lipinski definition) is 0. The maximum Gasteiger partial charge on any atom is 0.346 e. The van der Waals surface area contributed by atoms with Gasteiger partial charge in [-0.3, -0.25) is 0 Å². The molecule has 0 aliphatic carbocycles. The lowest BCUT2D eigenvalue weighted by molar-refractivity contribution is -0.616. The van der Waals surface area contributed by atoms with Gasteiger partial charge in [0.25, 0.3) is 0 Å². The normalized spacial score (nSPS) is 10.9. The van der Waals surface area contributed by atoms with Crippen molar-refractivity contribution >= 4 is 27.3 Å². The summed E-state index contributed by atoms with van der Waals surface area (Å²) < 4.78 is 17.3. The quantitative estimate of drug-likeness (QED) is 0.380. The van der Waals surface area contributed by atoms with Crippen molar-refractivity contribution in [3.8, 4) is 0 Å². The van der Waals surface area contributed by atoms with E-state index in [1.807, 2.05) is 17.7 Å². The Morgan fingerprint density at radius 3 is 2.88 bits per heavy atom. The second-order valence-corrected chi connectivity index (χ2v) is 4.52. The van der Waals surface area contributed by atoms with Gasteiger partial charge in [0.1, 0.15) is 11.5 Å². The van der Waals surface area contributed by atoms with Crippen LogP contribution in [0.5, 0.6) is 0 Å². The van der Waals surface area contributed by atoms with E-state index in [1.54, 1.807) is 17.4 Å². The average Bonchev–Trinajstić information content (AvgIpc) is 2.70. The van der Waals surface area contributed by atoms with Crippen molar-refractivity contribution in [2.45, 2.75) is 6.92 Å². The SMILES string of the molecule is Cc1csc2n1c1ccc(F)cc1[n+]2C.[I-]. The molecule has 0 fully saturated rings. The Morgan fingerprint density at radius 1 is 1.38 bits per heavy atom. The van der Waals surface area contributed by atoms with Crippen molar-refractivity contribution in [2.24, 2.45) is 7.05 Å². The summed E-state index contributed by atoms with van der Waals surface area (Å²) in [5.74, 6) is -0.186. The second-order valence-electron chi connectivity index (χ2n) is 3.69. The van der Waals surface area contributed by atoms with Crippen LogP contribution in [-0.2, 0) is 7.05 Å². The largest absolute Gasteiger partial charge is 1.00 e. The molecule has 3 rings (SSSR count). The van der Waals surface area contributed by atoms with Gasteiger partial charge in [-0.15, -0.1) is 0 Å². The summed E-state index contributed by atoms with van der Waals surface area (Å²) in [5, 5.41) is 2.11. The summed E-state index contributed by atoms with van der Waals surface area (Å²) in [6.45, 7) is 2.06. The fourth-order valence-electron chi connectivity index (χ4n) is 1.97. The topological polar surface area (TPSA) is 8.29 Å². The van der Waals surface area contributed by atoms with Crippen molar-refractivity contribution in [1.82, 2.24) is 4.40 Å². The lowest BCUT2D eigenvalue weighted by Gasteiger charge is -1.88. The molecule has 0 amide bonds. The maximum atomic E-state index is 13.1. The Labute approximate surface area is 113 Å². The summed E-state index contributed by atoms with van der Waals surface area (Å²) in [5.41, 5.74) is 3.19. The molecule has 0 spiro atoms. The van der Waals surface area contributed by atoms with E-state index in [2.05, 4.69) is 16.7 Å². The number of halogens is 2. The molecular weight excluding hydrogens is 338 g/mol. The van der Waals surface area contributed by atoms with Crippen molar-refractivity contribution in [3.63, 3.8) is 0 Å². The third-order valence-electron chi connectivity index (χ3n) is 2.71. The first-order valence-corrected chi connectivity index (χ1v) is 5.60. The molecule has 2 heterocycles. The predicted octanol–water partition coefficient (Wildman–Crippen LogP) is -0.570. The van der Waals surface area contributed by atoms with Gasteiger partial charge < -0.3 is 24.0 Å². The van der Waals surface area contributed by atoms with E-state index in [0.717, 1.165) is 16.0 Å². The van der Waals surface area contributed by atoms with Gasteiger partial charge in [0, 0.05) is 11.4 Å². The van der Waals surface area contributed by atoms with Gasteiger partial charge in [-0.2, -0.15) is 4.40 Å².